The van der Waals surface area contributed by atoms with Gasteiger partial charge in [0.25, 0.3) is 5.91 Å². The number of carbonyl (C=O) groups is 1. The number of benzene rings is 2. The molecule has 144 valence electrons. The van der Waals surface area contributed by atoms with Crippen molar-refractivity contribution in [3.8, 4) is 22.6 Å². The summed E-state index contributed by atoms with van der Waals surface area (Å²) in [4.78, 5) is 12.0. The highest BCUT2D eigenvalue weighted by atomic mass is 35.5. The van der Waals surface area contributed by atoms with Gasteiger partial charge in [0.2, 0.25) is 0 Å². The second kappa shape index (κ2) is 9.06. The van der Waals surface area contributed by atoms with Crippen LogP contribution in [0.3, 0.4) is 0 Å². The predicted octanol–water partition coefficient (Wildman–Crippen LogP) is 3.83. The molecule has 0 aliphatic carbocycles. The van der Waals surface area contributed by atoms with Crippen molar-refractivity contribution in [2.75, 3.05) is 26.9 Å². The molecule has 0 bridgehead atoms. The van der Waals surface area contributed by atoms with Gasteiger partial charge in [-0.2, -0.15) is 0 Å². The summed E-state index contributed by atoms with van der Waals surface area (Å²) < 4.78 is 30.1. The molecule has 27 heavy (non-hydrogen) atoms. The molecule has 1 aliphatic heterocycles. The number of rotatable bonds is 7. The lowest BCUT2D eigenvalue weighted by Gasteiger charge is -2.13. The van der Waals surface area contributed by atoms with Gasteiger partial charge >= 0.3 is 0 Å². The summed E-state index contributed by atoms with van der Waals surface area (Å²) in [5.74, 6) is -0.169. The number of methoxy groups -OCH3 is 1. The first kappa shape index (κ1) is 19.5. The first-order valence-corrected chi connectivity index (χ1v) is 9.09. The van der Waals surface area contributed by atoms with Crippen LogP contribution in [0.15, 0.2) is 36.4 Å². The molecule has 0 spiro atoms. The number of nitrogens with one attached hydrogen (secondary N) is 1. The number of carbonyl (C=O) groups excluding carboxylic acids is 1. The van der Waals surface area contributed by atoms with Crippen LogP contribution in [0.4, 0.5) is 4.39 Å². The van der Waals surface area contributed by atoms with Crippen molar-refractivity contribution in [1.29, 1.82) is 0 Å². The van der Waals surface area contributed by atoms with Crippen molar-refractivity contribution in [2.45, 2.75) is 18.9 Å². The highest BCUT2D eigenvalue weighted by Gasteiger charge is 2.17. The minimum atomic E-state index is -0.467. The fraction of sp³-hybridized carbons (Fsp3) is 0.350. The Morgan fingerprint density at radius 2 is 2.22 bits per heavy atom. The Balaban J connectivity index is 1.67. The van der Waals surface area contributed by atoms with Gasteiger partial charge in [-0.3, -0.25) is 4.79 Å². The first-order valence-electron chi connectivity index (χ1n) is 8.71. The van der Waals surface area contributed by atoms with E-state index in [1.54, 1.807) is 30.3 Å². The number of amides is 1. The Kier molecular flexibility index (Phi) is 6.53. The highest BCUT2D eigenvalue weighted by molar-refractivity contribution is 6.31. The first-order chi connectivity index (χ1) is 13.1. The lowest BCUT2D eigenvalue weighted by atomic mass is 10.0. The van der Waals surface area contributed by atoms with E-state index >= 15 is 0 Å². The molecule has 1 fully saturated rings. The predicted molar refractivity (Wildman–Crippen MR) is 101 cm³/mol. The van der Waals surface area contributed by atoms with Gasteiger partial charge in [0.15, 0.2) is 18.2 Å². The monoisotopic (exact) mass is 393 g/mol. The quantitative estimate of drug-likeness (QED) is 0.776. The minimum absolute atomic E-state index is 0.0761. The van der Waals surface area contributed by atoms with E-state index in [0.717, 1.165) is 19.4 Å². The number of para-hydroxylation sites is 1. The van der Waals surface area contributed by atoms with Gasteiger partial charge in [-0.1, -0.05) is 23.7 Å². The molecule has 2 aromatic carbocycles. The van der Waals surface area contributed by atoms with Crippen LogP contribution in [-0.2, 0) is 9.53 Å². The summed E-state index contributed by atoms with van der Waals surface area (Å²) in [6.45, 7) is 1.07. The van der Waals surface area contributed by atoms with E-state index in [-0.39, 0.29) is 24.4 Å². The van der Waals surface area contributed by atoms with Gasteiger partial charge in [0, 0.05) is 23.7 Å². The van der Waals surface area contributed by atoms with E-state index in [9.17, 15) is 9.18 Å². The van der Waals surface area contributed by atoms with Gasteiger partial charge in [-0.25, -0.2) is 4.39 Å². The van der Waals surface area contributed by atoms with Crippen LogP contribution in [0.5, 0.6) is 11.5 Å². The van der Waals surface area contributed by atoms with Gasteiger partial charge in [0.05, 0.1) is 13.2 Å². The van der Waals surface area contributed by atoms with Crippen LogP contribution in [-0.4, -0.2) is 38.9 Å². The zero-order valence-electron chi connectivity index (χ0n) is 15.0. The highest BCUT2D eigenvalue weighted by Crippen LogP contribution is 2.35. The Morgan fingerprint density at radius 1 is 1.37 bits per heavy atom. The smallest absolute Gasteiger partial charge is 0.258 e. The van der Waals surface area contributed by atoms with Crippen molar-refractivity contribution >= 4 is 17.5 Å². The van der Waals surface area contributed by atoms with Gasteiger partial charge in [-0.15, -0.1) is 0 Å². The fourth-order valence-electron chi connectivity index (χ4n) is 2.98. The maximum Gasteiger partial charge on any atom is 0.258 e. The average molecular weight is 394 g/mol. The van der Waals surface area contributed by atoms with E-state index in [1.165, 1.54) is 13.2 Å². The topological polar surface area (TPSA) is 56.8 Å². The van der Waals surface area contributed by atoms with Crippen molar-refractivity contribution in [2.24, 2.45) is 0 Å². The molecule has 5 nitrogen and oxygen atoms in total. The fourth-order valence-corrected chi connectivity index (χ4v) is 3.20. The molecule has 1 heterocycles. The Labute approximate surface area is 162 Å². The molecule has 0 radical (unpaired) electrons. The third-order valence-electron chi connectivity index (χ3n) is 4.27. The van der Waals surface area contributed by atoms with Crippen molar-refractivity contribution < 1.29 is 23.4 Å². The average Bonchev–Trinajstić information content (AvgIpc) is 3.17. The van der Waals surface area contributed by atoms with Crippen molar-refractivity contribution in [3.63, 3.8) is 0 Å². The molecule has 0 saturated carbocycles. The molecular weight excluding hydrogens is 373 g/mol. The van der Waals surface area contributed by atoms with Crippen molar-refractivity contribution in [3.05, 3.63) is 47.2 Å². The van der Waals surface area contributed by atoms with Crippen molar-refractivity contribution in [1.82, 2.24) is 5.32 Å². The molecule has 1 amide bonds. The maximum absolute atomic E-state index is 14.0. The Bertz CT molecular complexity index is 809. The third kappa shape index (κ3) is 5.11. The summed E-state index contributed by atoms with van der Waals surface area (Å²) >= 11 is 6.17. The zero-order chi connectivity index (χ0) is 19.2. The van der Waals surface area contributed by atoms with Crippen LogP contribution in [0, 0.1) is 5.82 Å². The summed E-state index contributed by atoms with van der Waals surface area (Å²) in [5, 5.41) is 3.20. The van der Waals surface area contributed by atoms with Gasteiger partial charge in [0.1, 0.15) is 5.75 Å². The molecule has 1 atom stereocenters. The van der Waals surface area contributed by atoms with E-state index in [4.69, 9.17) is 25.8 Å². The van der Waals surface area contributed by atoms with Gasteiger partial charge < -0.3 is 19.5 Å². The number of hydrogen-bond donors (Lipinski definition) is 1. The Morgan fingerprint density at radius 3 is 2.96 bits per heavy atom. The molecule has 1 unspecified atom stereocenters. The lowest BCUT2D eigenvalue weighted by molar-refractivity contribution is -0.123. The standard InChI is InChI=1S/C20H21ClFNO4/c1-25-20-17(5-2-6-18(20)22)13-8-14(21)10-16(9-13)27-12-19(24)23-11-15-4-3-7-26-15/h2,5-6,8-10,15H,3-4,7,11-12H2,1H3,(H,23,24). The summed E-state index contributed by atoms with van der Waals surface area (Å²) in [6.07, 6.45) is 2.05. The molecule has 1 saturated heterocycles. The van der Waals surface area contributed by atoms with Crippen LogP contribution >= 0.6 is 11.6 Å². The number of ether oxygens (including phenoxy) is 3. The second-order valence-electron chi connectivity index (χ2n) is 6.22. The van der Waals surface area contributed by atoms with Crippen LogP contribution in [0.2, 0.25) is 5.02 Å². The largest absolute Gasteiger partial charge is 0.493 e. The maximum atomic E-state index is 14.0. The Hall–Kier alpha value is -2.31. The van der Waals surface area contributed by atoms with Gasteiger partial charge in [-0.05, 0) is 42.7 Å². The van der Waals surface area contributed by atoms with E-state index in [0.29, 0.717) is 28.4 Å². The normalized spacial score (nSPS) is 16.2. The van der Waals surface area contributed by atoms with Crippen LogP contribution in [0.25, 0.3) is 11.1 Å². The van der Waals surface area contributed by atoms with E-state index in [1.807, 2.05) is 0 Å². The summed E-state index contributed by atoms with van der Waals surface area (Å²) in [6, 6.07) is 9.62. The number of hydrogen-bond acceptors (Lipinski definition) is 4. The summed E-state index contributed by atoms with van der Waals surface area (Å²) in [5.41, 5.74) is 1.18. The zero-order valence-corrected chi connectivity index (χ0v) is 15.7. The molecule has 2 aromatic rings. The van der Waals surface area contributed by atoms with E-state index < -0.39 is 5.82 Å². The molecule has 1 N–H and O–H groups in total. The second-order valence-corrected chi connectivity index (χ2v) is 6.66. The summed E-state index contributed by atoms with van der Waals surface area (Å²) in [7, 11) is 1.41. The van der Waals surface area contributed by atoms with Crippen LogP contribution in [0.1, 0.15) is 12.8 Å². The molecule has 1 aliphatic rings. The molecule has 3 rings (SSSR count). The molecular formula is C20H21ClFNO4. The molecule has 0 aromatic heterocycles. The third-order valence-corrected chi connectivity index (χ3v) is 4.49. The lowest BCUT2D eigenvalue weighted by Crippen LogP contribution is -2.35. The van der Waals surface area contributed by atoms with E-state index in [2.05, 4.69) is 5.32 Å². The van der Waals surface area contributed by atoms with Crippen LogP contribution < -0.4 is 14.8 Å². The SMILES string of the molecule is COc1c(F)cccc1-c1cc(Cl)cc(OCC(=O)NCC2CCCO2)c1. The molecule has 7 heteroatoms. The minimum Gasteiger partial charge on any atom is -0.493 e. The number of halogens is 2.